The maximum atomic E-state index is 11.8. The fraction of sp³-hybridized carbons (Fsp3) is 0.600. The Hall–Kier alpha value is -0.950. The van der Waals surface area contributed by atoms with Crippen LogP contribution in [0.5, 0.6) is 0 Å². The van der Waals surface area contributed by atoms with Gasteiger partial charge >= 0.3 is 29.6 Å². The Morgan fingerprint density at radius 1 is 1.36 bits per heavy atom. The van der Waals surface area contributed by atoms with Crippen molar-refractivity contribution in [2.75, 3.05) is 6.61 Å². The molecule has 0 saturated carbocycles. The molecule has 28 heavy (non-hydrogen) atoms. The summed E-state index contributed by atoms with van der Waals surface area (Å²) in [6, 6.07) is 0. The first kappa shape index (κ1) is 23.3. The van der Waals surface area contributed by atoms with Crippen molar-refractivity contribution in [2.45, 2.75) is 31.8 Å². The summed E-state index contributed by atoms with van der Waals surface area (Å²) in [5.74, 6) is 0. The molecule has 1 fully saturated rings. The van der Waals surface area contributed by atoms with E-state index in [0.717, 1.165) is 4.57 Å². The lowest BCUT2D eigenvalue weighted by Crippen LogP contribution is -2.33. The molecule has 2 unspecified atom stereocenters. The summed E-state index contributed by atoms with van der Waals surface area (Å²) >= 11 is 0. The second-order valence-corrected chi connectivity index (χ2v) is 9.69. The van der Waals surface area contributed by atoms with Crippen LogP contribution in [0, 0.1) is 6.92 Å². The molecule has 5 N–H and O–H groups in total. The normalized spacial score (nSPS) is 26.1. The number of hydrogen-bond acceptors (Lipinski definition) is 10. The highest BCUT2D eigenvalue weighted by molar-refractivity contribution is 7.64. The monoisotopic (exact) mass is 466 g/mol. The number of aliphatic hydroxyl groups is 1. The molecular weight excluding hydrogens is 449 g/mol. The van der Waals surface area contributed by atoms with Gasteiger partial charge in [0.15, 0.2) is 0 Å². The van der Waals surface area contributed by atoms with E-state index in [4.69, 9.17) is 19.4 Å². The Labute approximate surface area is 156 Å². The van der Waals surface area contributed by atoms with Crippen molar-refractivity contribution < 1.29 is 51.4 Å². The van der Waals surface area contributed by atoms with E-state index in [1.165, 1.54) is 13.1 Å². The fourth-order valence-corrected chi connectivity index (χ4v) is 5.03. The highest BCUT2D eigenvalue weighted by atomic mass is 31.3. The zero-order valence-corrected chi connectivity index (χ0v) is 16.8. The Bertz CT molecular complexity index is 951. The second kappa shape index (κ2) is 8.82. The van der Waals surface area contributed by atoms with Gasteiger partial charge in [-0.05, 0) is 6.92 Å². The lowest BCUT2D eigenvalue weighted by molar-refractivity contribution is -0.0412. The van der Waals surface area contributed by atoms with E-state index in [-0.39, 0.29) is 12.0 Å². The van der Waals surface area contributed by atoms with E-state index < -0.39 is 60.2 Å². The summed E-state index contributed by atoms with van der Waals surface area (Å²) in [5.41, 5.74) is -1.14. The van der Waals surface area contributed by atoms with Gasteiger partial charge in [-0.3, -0.25) is 18.9 Å². The van der Waals surface area contributed by atoms with Crippen LogP contribution in [0.2, 0.25) is 0 Å². The van der Waals surface area contributed by atoms with E-state index in [1.807, 2.05) is 0 Å². The van der Waals surface area contributed by atoms with Crippen molar-refractivity contribution in [3.63, 3.8) is 0 Å². The number of aromatic nitrogens is 2. The molecule has 2 heterocycles. The van der Waals surface area contributed by atoms with Crippen LogP contribution in [0.1, 0.15) is 18.2 Å². The van der Waals surface area contributed by atoms with Crippen LogP contribution in [-0.2, 0) is 31.6 Å². The van der Waals surface area contributed by atoms with E-state index >= 15 is 0 Å². The van der Waals surface area contributed by atoms with Crippen molar-refractivity contribution in [2.24, 2.45) is 0 Å². The number of aryl methyl sites for hydroxylation is 1. The molecule has 15 nitrogen and oxygen atoms in total. The third-order valence-electron chi connectivity index (χ3n) is 3.43. The number of rotatable bonds is 8. The first-order chi connectivity index (χ1) is 12.8. The van der Waals surface area contributed by atoms with Crippen molar-refractivity contribution in [1.29, 1.82) is 0 Å². The lowest BCUT2D eigenvalue weighted by Gasteiger charge is -2.17. The summed E-state index contributed by atoms with van der Waals surface area (Å²) in [5, 5.41) is 9.98. The molecule has 160 valence electrons. The van der Waals surface area contributed by atoms with Gasteiger partial charge in [-0.25, -0.2) is 18.2 Å². The molecule has 1 aromatic rings. The van der Waals surface area contributed by atoms with Crippen LogP contribution >= 0.6 is 23.9 Å². The van der Waals surface area contributed by atoms with Gasteiger partial charge in [-0.1, -0.05) is 0 Å². The van der Waals surface area contributed by atoms with Gasteiger partial charge in [0.1, 0.15) is 12.3 Å². The maximum absolute atomic E-state index is 11.8. The van der Waals surface area contributed by atoms with Crippen LogP contribution in [0.3, 0.4) is 0 Å². The minimum atomic E-state index is -5.39. The molecular formula is C10H17N2O13P3. The third kappa shape index (κ3) is 6.55. The molecule has 5 atom stereocenters. The number of H-pyrrole nitrogens is 1. The Morgan fingerprint density at radius 3 is 2.61 bits per heavy atom. The minimum Gasteiger partial charge on any atom is -0.390 e. The topological polar surface area (TPSA) is 224 Å². The highest BCUT2D eigenvalue weighted by Gasteiger charge is 2.38. The average molecular weight is 466 g/mol. The lowest BCUT2D eigenvalue weighted by atomic mass is 10.2. The molecule has 0 spiro atoms. The van der Waals surface area contributed by atoms with Gasteiger partial charge in [0.05, 0.1) is 12.7 Å². The molecule has 0 amide bonds. The van der Waals surface area contributed by atoms with Crippen LogP contribution in [0.15, 0.2) is 15.8 Å². The summed E-state index contributed by atoms with van der Waals surface area (Å²) in [6.45, 7) is 0.847. The predicted octanol–water partition coefficient (Wildman–Crippen LogP) is -0.874. The first-order valence-electron chi connectivity index (χ1n) is 7.39. The molecule has 1 aliphatic heterocycles. The van der Waals surface area contributed by atoms with Gasteiger partial charge in [0.25, 0.3) is 5.56 Å². The maximum Gasteiger partial charge on any atom is 0.488 e. The number of hydrogen-bond donors (Lipinski definition) is 5. The number of nitrogens with zero attached hydrogens (tertiary/aromatic N) is 1. The van der Waals surface area contributed by atoms with Crippen LogP contribution in [0.25, 0.3) is 0 Å². The van der Waals surface area contributed by atoms with Gasteiger partial charge in [-0.2, -0.15) is 4.31 Å². The first-order valence-corrected chi connectivity index (χ1v) is 11.6. The molecule has 2 rings (SSSR count). The van der Waals surface area contributed by atoms with E-state index in [2.05, 4.69) is 18.1 Å². The Kier molecular flexibility index (Phi) is 7.35. The number of nitrogens with one attached hydrogen (secondary N) is 1. The zero-order chi connectivity index (χ0) is 21.3. The second-order valence-electron chi connectivity index (χ2n) is 5.60. The highest BCUT2D eigenvalue weighted by Crippen LogP contribution is 2.61. The quantitative estimate of drug-likeness (QED) is 0.294. The molecule has 0 aromatic carbocycles. The SMILES string of the molecule is Cc1cn([C@H]2C[C@H](O)[C@@H](CO[PH](=O)OP(=O)(O)OP(=O)(O)O)O2)c(=O)[nH]c1=O. The Balaban J connectivity index is 1.96. The van der Waals surface area contributed by atoms with Crippen LogP contribution in [0.4, 0.5) is 0 Å². The summed E-state index contributed by atoms with van der Waals surface area (Å²) in [6.07, 6.45) is -2.14. The number of phosphoric acid groups is 2. The smallest absolute Gasteiger partial charge is 0.390 e. The van der Waals surface area contributed by atoms with Gasteiger partial charge in [-0.15, -0.1) is 0 Å². The average Bonchev–Trinajstić information content (AvgIpc) is 2.86. The number of aliphatic hydroxyl groups excluding tert-OH is 1. The summed E-state index contributed by atoms with van der Waals surface area (Å²) in [4.78, 5) is 51.2. The number of aromatic amines is 1. The summed E-state index contributed by atoms with van der Waals surface area (Å²) < 4.78 is 51.8. The predicted molar refractivity (Wildman–Crippen MR) is 89.6 cm³/mol. The van der Waals surface area contributed by atoms with Crippen LogP contribution < -0.4 is 11.2 Å². The number of ether oxygens (including phenoxy) is 1. The summed E-state index contributed by atoms with van der Waals surface area (Å²) in [7, 11) is -14.5. The van der Waals surface area contributed by atoms with Gasteiger partial charge < -0.3 is 29.0 Å². The molecule has 0 radical (unpaired) electrons. The molecule has 1 aromatic heterocycles. The fourth-order valence-electron chi connectivity index (χ4n) is 2.26. The minimum absolute atomic E-state index is 0.0823. The standard InChI is InChI=1S/C10H17N2O13P3/c1-5-3-12(10(15)11-9(5)14)8-2-6(13)7(23-8)4-22-26(16)24-28(20,21)25-27(17,18)19/h3,6-8,13,26H,2,4H2,1H3,(H,20,21)(H,11,14,15)(H2,17,18,19)/t6-,7+,8+/m0/s1. The van der Waals surface area contributed by atoms with Crippen LogP contribution in [-0.4, -0.2) is 48.2 Å². The van der Waals surface area contributed by atoms with E-state index in [1.54, 1.807) is 0 Å². The van der Waals surface area contributed by atoms with Crippen molar-refractivity contribution in [3.8, 4) is 0 Å². The van der Waals surface area contributed by atoms with Crippen molar-refractivity contribution in [3.05, 3.63) is 32.6 Å². The largest absolute Gasteiger partial charge is 0.488 e. The zero-order valence-electron chi connectivity index (χ0n) is 14.0. The van der Waals surface area contributed by atoms with E-state index in [9.17, 15) is 28.4 Å². The molecule has 18 heteroatoms. The Morgan fingerprint density at radius 2 is 2.00 bits per heavy atom. The van der Waals surface area contributed by atoms with E-state index in [0.29, 0.717) is 0 Å². The third-order valence-corrected chi connectivity index (χ3v) is 7.02. The van der Waals surface area contributed by atoms with Gasteiger partial charge in [0, 0.05) is 18.2 Å². The molecule has 0 aliphatic carbocycles. The molecule has 1 aliphatic rings. The van der Waals surface area contributed by atoms with Crippen molar-refractivity contribution >= 4 is 23.9 Å². The molecule has 0 bridgehead atoms. The van der Waals surface area contributed by atoms with Crippen molar-refractivity contribution in [1.82, 2.24) is 9.55 Å². The van der Waals surface area contributed by atoms with Gasteiger partial charge in [0.2, 0.25) is 0 Å². The molecule has 1 saturated heterocycles.